The summed E-state index contributed by atoms with van der Waals surface area (Å²) in [6.07, 6.45) is 1.00. The highest BCUT2D eigenvalue weighted by Gasteiger charge is 2.09. The third-order valence-corrected chi connectivity index (χ3v) is 2.55. The summed E-state index contributed by atoms with van der Waals surface area (Å²) in [6.45, 7) is 6.81. The number of aliphatic hydroxyl groups excluding tert-OH is 1. The molecule has 0 fully saturated rings. The molecule has 1 rings (SSSR count). The third-order valence-electron chi connectivity index (χ3n) is 2.55. The molecular weight excluding hydrogens is 214 g/mol. The fourth-order valence-electron chi connectivity index (χ4n) is 1.68. The molecule has 0 aromatic heterocycles. The fourth-order valence-corrected chi connectivity index (χ4v) is 1.68. The van der Waals surface area contributed by atoms with E-state index >= 15 is 0 Å². The Hall–Kier alpha value is -1.06. The Morgan fingerprint density at radius 1 is 1.35 bits per heavy atom. The van der Waals surface area contributed by atoms with Gasteiger partial charge in [-0.2, -0.15) is 0 Å². The van der Waals surface area contributed by atoms with E-state index in [9.17, 15) is 5.11 Å². The van der Waals surface area contributed by atoms with Crippen LogP contribution >= 0.6 is 0 Å². The van der Waals surface area contributed by atoms with Gasteiger partial charge in [-0.1, -0.05) is 32.9 Å². The van der Waals surface area contributed by atoms with Gasteiger partial charge in [-0.3, -0.25) is 0 Å². The van der Waals surface area contributed by atoms with Gasteiger partial charge in [0.2, 0.25) is 0 Å². The van der Waals surface area contributed by atoms with Gasteiger partial charge in [0.25, 0.3) is 0 Å². The second-order valence-electron chi connectivity index (χ2n) is 4.51. The van der Waals surface area contributed by atoms with E-state index < -0.39 is 0 Å². The van der Waals surface area contributed by atoms with Crippen molar-refractivity contribution in [3.8, 4) is 5.75 Å². The van der Waals surface area contributed by atoms with Crippen molar-refractivity contribution in [2.24, 2.45) is 0 Å². The minimum absolute atomic E-state index is 0.0136. The van der Waals surface area contributed by atoms with E-state index in [1.165, 1.54) is 5.56 Å². The van der Waals surface area contributed by atoms with Crippen molar-refractivity contribution < 1.29 is 9.84 Å². The highest BCUT2D eigenvalue weighted by Crippen LogP contribution is 2.13. The molecule has 0 radical (unpaired) electrons. The maximum absolute atomic E-state index is 9.21. The minimum atomic E-state index is -0.0136. The first-order valence-corrected chi connectivity index (χ1v) is 6.24. The zero-order valence-electron chi connectivity index (χ0n) is 10.9. The summed E-state index contributed by atoms with van der Waals surface area (Å²) in [6, 6.07) is 8.41. The predicted octanol–water partition coefficient (Wildman–Crippen LogP) is 1.99. The smallest absolute Gasteiger partial charge is 0.119 e. The van der Waals surface area contributed by atoms with Crippen LogP contribution in [-0.2, 0) is 6.42 Å². The Labute approximate surface area is 104 Å². The lowest BCUT2D eigenvalue weighted by Crippen LogP contribution is -2.41. The molecule has 3 heteroatoms. The Morgan fingerprint density at radius 2 is 2.12 bits per heavy atom. The van der Waals surface area contributed by atoms with Gasteiger partial charge < -0.3 is 15.2 Å². The molecule has 1 unspecified atom stereocenters. The van der Waals surface area contributed by atoms with Crippen molar-refractivity contribution in [2.75, 3.05) is 13.2 Å². The lowest BCUT2D eigenvalue weighted by Gasteiger charge is -2.19. The number of aliphatic hydroxyl groups is 1. The third kappa shape index (κ3) is 5.20. The molecule has 0 saturated carbocycles. The van der Waals surface area contributed by atoms with Crippen molar-refractivity contribution in [3.63, 3.8) is 0 Å². The molecular formula is C14H23NO2. The Kier molecular flexibility index (Phi) is 6.01. The number of hydrogen-bond donors (Lipinski definition) is 2. The quantitative estimate of drug-likeness (QED) is 0.762. The van der Waals surface area contributed by atoms with Crippen LogP contribution in [0.2, 0.25) is 0 Å². The summed E-state index contributed by atoms with van der Waals surface area (Å²) in [5.41, 5.74) is 1.26. The number of nitrogens with one attached hydrogen (secondary N) is 1. The first-order chi connectivity index (χ1) is 8.15. The molecule has 3 nitrogen and oxygen atoms in total. The monoisotopic (exact) mass is 237 g/mol. The first-order valence-electron chi connectivity index (χ1n) is 6.24. The molecule has 0 amide bonds. The largest absolute Gasteiger partial charge is 0.492 e. The average molecular weight is 237 g/mol. The maximum Gasteiger partial charge on any atom is 0.119 e. The van der Waals surface area contributed by atoms with Crippen molar-refractivity contribution in [3.05, 3.63) is 29.8 Å². The maximum atomic E-state index is 9.21. The molecule has 0 aliphatic carbocycles. The van der Waals surface area contributed by atoms with Crippen LogP contribution in [0.25, 0.3) is 0 Å². The van der Waals surface area contributed by atoms with Crippen LogP contribution < -0.4 is 10.1 Å². The highest BCUT2D eigenvalue weighted by atomic mass is 16.5. The van der Waals surface area contributed by atoms with E-state index in [2.05, 4.69) is 32.2 Å². The van der Waals surface area contributed by atoms with Crippen LogP contribution in [-0.4, -0.2) is 30.4 Å². The Bertz CT molecular complexity index is 326. The predicted molar refractivity (Wildman–Crippen MR) is 70.5 cm³/mol. The van der Waals surface area contributed by atoms with E-state index in [0.29, 0.717) is 12.6 Å². The van der Waals surface area contributed by atoms with Crippen LogP contribution in [0.3, 0.4) is 0 Å². The lowest BCUT2D eigenvalue weighted by molar-refractivity contribution is 0.177. The first kappa shape index (κ1) is 14.0. The van der Waals surface area contributed by atoms with Crippen molar-refractivity contribution in [1.82, 2.24) is 5.32 Å². The van der Waals surface area contributed by atoms with Gasteiger partial charge in [0.05, 0.1) is 12.6 Å². The summed E-state index contributed by atoms with van der Waals surface area (Å²) in [5.74, 6) is 0.869. The van der Waals surface area contributed by atoms with Gasteiger partial charge in [0.1, 0.15) is 12.4 Å². The summed E-state index contributed by atoms with van der Waals surface area (Å²) in [4.78, 5) is 0. The zero-order chi connectivity index (χ0) is 12.7. The van der Waals surface area contributed by atoms with Crippen LogP contribution in [0.5, 0.6) is 5.75 Å². The van der Waals surface area contributed by atoms with Crippen molar-refractivity contribution in [2.45, 2.75) is 39.3 Å². The van der Waals surface area contributed by atoms with E-state index in [-0.39, 0.29) is 12.6 Å². The molecule has 1 aromatic rings. The molecule has 2 N–H and O–H groups in total. The van der Waals surface area contributed by atoms with Gasteiger partial charge in [-0.25, -0.2) is 0 Å². The highest BCUT2D eigenvalue weighted by molar-refractivity contribution is 5.28. The van der Waals surface area contributed by atoms with E-state index in [1.807, 2.05) is 18.2 Å². The molecule has 0 aliphatic rings. The number of hydrogen-bond acceptors (Lipinski definition) is 3. The van der Waals surface area contributed by atoms with Crippen molar-refractivity contribution >= 4 is 0 Å². The molecule has 0 bridgehead atoms. The van der Waals surface area contributed by atoms with Crippen LogP contribution in [0.1, 0.15) is 26.3 Å². The van der Waals surface area contributed by atoms with E-state index in [0.717, 1.165) is 12.2 Å². The number of benzene rings is 1. The van der Waals surface area contributed by atoms with Gasteiger partial charge >= 0.3 is 0 Å². The van der Waals surface area contributed by atoms with Gasteiger partial charge in [0.15, 0.2) is 0 Å². The summed E-state index contributed by atoms with van der Waals surface area (Å²) in [5, 5.41) is 12.5. The second kappa shape index (κ2) is 7.30. The molecule has 0 aliphatic heterocycles. The lowest BCUT2D eigenvalue weighted by atomic mass is 10.2. The van der Waals surface area contributed by atoms with Crippen LogP contribution in [0.4, 0.5) is 0 Å². The zero-order valence-corrected chi connectivity index (χ0v) is 10.9. The minimum Gasteiger partial charge on any atom is -0.492 e. The summed E-state index contributed by atoms with van der Waals surface area (Å²) < 4.78 is 5.68. The SMILES string of the molecule is CCc1cccc(OCC(CO)NC(C)C)c1. The number of ether oxygens (including phenoxy) is 1. The number of rotatable bonds is 7. The van der Waals surface area contributed by atoms with Gasteiger partial charge in [-0.05, 0) is 24.1 Å². The average Bonchev–Trinajstić information content (AvgIpc) is 2.34. The number of aryl methyl sites for hydroxylation is 1. The molecule has 1 aromatic carbocycles. The van der Waals surface area contributed by atoms with Gasteiger partial charge in [0, 0.05) is 6.04 Å². The summed E-state index contributed by atoms with van der Waals surface area (Å²) in [7, 11) is 0. The molecule has 0 heterocycles. The second-order valence-corrected chi connectivity index (χ2v) is 4.51. The topological polar surface area (TPSA) is 41.5 Å². The standard InChI is InChI=1S/C14H23NO2/c1-4-12-6-5-7-14(8-12)17-10-13(9-16)15-11(2)3/h5-8,11,13,15-16H,4,9-10H2,1-3H3. The van der Waals surface area contributed by atoms with E-state index in [4.69, 9.17) is 4.74 Å². The van der Waals surface area contributed by atoms with Crippen LogP contribution in [0, 0.1) is 0 Å². The Balaban J connectivity index is 2.47. The summed E-state index contributed by atoms with van der Waals surface area (Å²) >= 11 is 0. The molecule has 1 atom stereocenters. The van der Waals surface area contributed by atoms with Crippen LogP contribution in [0.15, 0.2) is 24.3 Å². The normalized spacial score (nSPS) is 12.8. The molecule has 96 valence electrons. The molecule has 17 heavy (non-hydrogen) atoms. The van der Waals surface area contributed by atoms with Gasteiger partial charge in [-0.15, -0.1) is 0 Å². The Morgan fingerprint density at radius 3 is 2.71 bits per heavy atom. The van der Waals surface area contributed by atoms with E-state index in [1.54, 1.807) is 0 Å². The molecule has 0 saturated heterocycles. The molecule has 0 spiro atoms. The van der Waals surface area contributed by atoms with Crippen molar-refractivity contribution in [1.29, 1.82) is 0 Å². The fraction of sp³-hybridized carbons (Fsp3) is 0.571.